The third kappa shape index (κ3) is 6.22. The molecular formula is C30H28N4O5P-. The Balaban J connectivity index is 1.39. The number of fused-ring (bicyclic) bond motifs is 1. The van der Waals surface area contributed by atoms with Crippen molar-refractivity contribution in [1.82, 2.24) is 15.5 Å². The Morgan fingerprint density at radius 1 is 0.975 bits per heavy atom. The van der Waals surface area contributed by atoms with Crippen molar-refractivity contribution in [3.63, 3.8) is 0 Å². The fraction of sp³-hybridized carbons (Fsp3) is 0.167. The first-order valence-corrected chi connectivity index (χ1v) is 14.6. The summed E-state index contributed by atoms with van der Waals surface area (Å²) in [6.45, 7) is 0. The fourth-order valence-electron chi connectivity index (χ4n) is 4.72. The number of primary amides is 1. The molecule has 40 heavy (non-hydrogen) atoms. The Labute approximate surface area is 230 Å². The van der Waals surface area contributed by atoms with Gasteiger partial charge in [-0.2, -0.15) is 0 Å². The maximum Gasteiger partial charge on any atom is 0.240 e. The molecule has 0 radical (unpaired) electrons. The highest BCUT2D eigenvalue weighted by atomic mass is 31.2. The van der Waals surface area contributed by atoms with Gasteiger partial charge in [0.05, 0.1) is 5.92 Å². The van der Waals surface area contributed by atoms with Crippen LogP contribution in [0.5, 0.6) is 0 Å². The molecule has 1 unspecified atom stereocenters. The third-order valence-electron chi connectivity index (χ3n) is 6.82. The van der Waals surface area contributed by atoms with Crippen LogP contribution in [0.25, 0.3) is 22.2 Å². The summed E-state index contributed by atoms with van der Waals surface area (Å²) in [7, 11) is -4.19. The molecule has 2 amide bonds. The van der Waals surface area contributed by atoms with Gasteiger partial charge in [0.1, 0.15) is 17.5 Å². The topological polar surface area (TPSA) is 154 Å². The molecule has 0 bridgehead atoms. The van der Waals surface area contributed by atoms with Crippen LogP contribution in [0, 0.1) is 5.92 Å². The summed E-state index contributed by atoms with van der Waals surface area (Å²) in [5, 5.41) is 7.82. The van der Waals surface area contributed by atoms with Gasteiger partial charge in [-0.3, -0.25) is 9.59 Å². The fourth-order valence-corrected chi connectivity index (χ4v) is 6.43. The first kappa shape index (κ1) is 27.1. The largest absolute Gasteiger partial charge is 0.796 e. The maximum absolute atomic E-state index is 13.6. The zero-order valence-electron chi connectivity index (χ0n) is 21.5. The number of carbonyl (C=O) groups is 2. The molecule has 2 heterocycles. The van der Waals surface area contributed by atoms with E-state index in [-0.39, 0.29) is 18.1 Å². The van der Waals surface area contributed by atoms with E-state index < -0.39 is 37.3 Å². The van der Waals surface area contributed by atoms with E-state index in [0.29, 0.717) is 11.5 Å². The lowest BCUT2D eigenvalue weighted by atomic mass is 10.0. The molecule has 0 fully saturated rings. The van der Waals surface area contributed by atoms with Gasteiger partial charge in [0, 0.05) is 55.1 Å². The van der Waals surface area contributed by atoms with E-state index in [1.807, 2.05) is 54.6 Å². The van der Waals surface area contributed by atoms with E-state index in [1.165, 1.54) is 12.1 Å². The molecule has 3 aromatic carbocycles. The second-order valence-corrected chi connectivity index (χ2v) is 11.9. The Hall–Kier alpha value is -4.46. The average Bonchev–Trinajstić information content (AvgIpc) is 3.60. The molecule has 0 spiro atoms. The number of nitrogens with zero attached hydrogens (tertiary/aromatic N) is 1. The van der Waals surface area contributed by atoms with Crippen LogP contribution in [0.15, 0.2) is 102 Å². The van der Waals surface area contributed by atoms with Gasteiger partial charge in [0.15, 0.2) is 0 Å². The summed E-state index contributed by atoms with van der Waals surface area (Å²) in [5.41, 5.74) is 8.76. The third-order valence-corrected chi connectivity index (χ3v) is 8.82. The van der Waals surface area contributed by atoms with Gasteiger partial charge >= 0.3 is 0 Å². The number of carbonyl (C=O) groups excluding carboxylic acids is 2. The molecule has 204 valence electrons. The van der Waals surface area contributed by atoms with Gasteiger partial charge in [-0.25, -0.2) is 0 Å². The highest BCUT2D eigenvalue weighted by Gasteiger charge is 2.30. The number of aromatic nitrogens is 2. The number of hydrogen-bond donors (Lipinski definition) is 3. The Morgan fingerprint density at radius 3 is 2.38 bits per heavy atom. The van der Waals surface area contributed by atoms with E-state index in [0.717, 1.165) is 22.0 Å². The Morgan fingerprint density at radius 2 is 1.65 bits per heavy atom. The van der Waals surface area contributed by atoms with Crippen LogP contribution in [0.4, 0.5) is 0 Å². The van der Waals surface area contributed by atoms with Gasteiger partial charge < -0.3 is 30.0 Å². The predicted molar refractivity (Wildman–Crippen MR) is 151 cm³/mol. The van der Waals surface area contributed by atoms with Crippen molar-refractivity contribution >= 4 is 35.4 Å². The van der Waals surface area contributed by atoms with Gasteiger partial charge in [-0.05, 0) is 16.9 Å². The number of amides is 2. The molecule has 3 atom stereocenters. The standard InChI is InChI=1S/C30H29N4O5P/c31-29(35)28(16-21-18-32-26-14-8-7-13-25(21)26)33-30(36)22(19-40(37,38)24-11-5-2-6-12-24)15-23-17-27(34-39-23)20-9-3-1-4-10-20/h1-14,17-18,22,28,32H,15-16,19H2,(H2,31,35)(H,33,36)(H,37,38)/p-1/t22-,28+/m1/s1. The van der Waals surface area contributed by atoms with Crippen LogP contribution in [0.1, 0.15) is 11.3 Å². The minimum Gasteiger partial charge on any atom is -0.796 e. The molecule has 5 rings (SSSR count). The molecule has 4 N–H and O–H groups in total. The summed E-state index contributed by atoms with van der Waals surface area (Å²) < 4.78 is 18.8. The molecule has 0 aliphatic heterocycles. The van der Waals surface area contributed by atoms with Gasteiger partial charge in [-0.1, -0.05) is 84.0 Å². The van der Waals surface area contributed by atoms with E-state index >= 15 is 0 Å². The highest BCUT2D eigenvalue weighted by molar-refractivity contribution is 7.64. The van der Waals surface area contributed by atoms with E-state index in [1.54, 1.807) is 30.5 Å². The van der Waals surface area contributed by atoms with Gasteiger partial charge in [0.25, 0.3) is 0 Å². The minimum atomic E-state index is -4.19. The van der Waals surface area contributed by atoms with E-state index in [9.17, 15) is 19.0 Å². The SMILES string of the molecule is NC(=O)[C@H](Cc1c[nH]c2ccccc12)NC(=O)[C@H](Cc1cc(-c2ccccc2)no1)CP(=O)([O-])c1ccccc1. The van der Waals surface area contributed by atoms with Crippen LogP contribution < -0.4 is 21.2 Å². The molecule has 5 aromatic rings. The summed E-state index contributed by atoms with van der Waals surface area (Å²) in [6.07, 6.45) is 1.41. The van der Waals surface area contributed by atoms with Crippen molar-refractivity contribution in [1.29, 1.82) is 0 Å². The average molecular weight is 556 g/mol. The van der Waals surface area contributed by atoms with Crippen molar-refractivity contribution in [3.8, 4) is 11.3 Å². The number of aromatic amines is 1. The number of rotatable bonds is 11. The smallest absolute Gasteiger partial charge is 0.240 e. The second-order valence-electron chi connectivity index (χ2n) is 9.66. The minimum absolute atomic E-state index is 0.0384. The molecule has 10 heteroatoms. The molecule has 0 aliphatic rings. The molecule has 0 saturated carbocycles. The zero-order chi connectivity index (χ0) is 28.1. The summed E-state index contributed by atoms with van der Waals surface area (Å²) in [4.78, 5) is 42.4. The first-order chi connectivity index (χ1) is 19.3. The van der Waals surface area contributed by atoms with Crippen LogP contribution in [-0.4, -0.2) is 34.2 Å². The van der Waals surface area contributed by atoms with Crippen molar-refractivity contribution in [3.05, 3.63) is 109 Å². The summed E-state index contributed by atoms with van der Waals surface area (Å²) >= 11 is 0. The van der Waals surface area contributed by atoms with E-state index in [2.05, 4.69) is 15.5 Å². The zero-order valence-corrected chi connectivity index (χ0v) is 22.4. The number of para-hydroxylation sites is 1. The van der Waals surface area contributed by atoms with Crippen molar-refractivity contribution in [2.45, 2.75) is 18.9 Å². The van der Waals surface area contributed by atoms with Crippen molar-refractivity contribution in [2.75, 3.05) is 6.16 Å². The van der Waals surface area contributed by atoms with Crippen molar-refractivity contribution < 1.29 is 23.6 Å². The van der Waals surface area contributed by atoms with E-state index in [4.69, 9.17) is 10.3 Å². The lowest BCUT2D eigenvalue weighted by molar-refractivity contribution is -0.172. The number of hydrogen-bond acceptors (Lipinski definition) is 6. The number of H-pyrrole nitrogens is 1. The highest BCUT2D eigenvalue weighted by Crippen LogP contribution is 2.38. The number of nitrogens with one attached hydrogen (secondary N) is 2. The maximum atomic E-state index is 13.6. The lowest BCUT2D eigenvalue weighted by Crippen LogP contribution is -2.49. The monoisotopic (exact) mass is 555 g/mol. The van der Waals surface area contributed by atoms with Gasteiger partial charge in [-0.15, -0.1) is 0 Å². The molecule has 0 aliphatic carbocycles. The quantitative estimate of drug-likeness (QED) is 0.213. The Kier molecular flexibility index (Phi) is 7.96. The molecule has 0 saturated heterocycles. The van der Waals surface area contributed by atoms with Crippen LogP contribution in [0.2, 0.25) is 0 Å². The lowest BCUT2D eigenvalue weighted by Gasteiger charge is -2.28. The van der Waals surface area contributed by atoms with Gasteiger partial charge in [0.2, 0.25) is 11.8 Å². The number of benzene rings is 3. The van der Waals surface area contributed by atoms with Crippen LogP contribution in [-0.2, 0) is 27.0 Å². The Bertz CT molecular complexity index is 1670. The molecule has 2 aromatic heterocycles. The molecule has 9 nitrogen and oxygen atoms in total. The first-order valence-electron chi connectivity index (χ1n) is 12.8. The normalized spacial score (nSPS) is 14.3. The predicted octanol–water partition coefficient (Wildman–Crippen LogP) is 3.16. The second kappa shape index (κ2) is 11.7. The number of nitrogens with two attached hydrogens (primary N) is 1. The summed E-state index contributed by atoms with van der Waals surface area (Å²) in [6, 6.07) is 25.5. The summed E-state index contributed by atoms with van der Waals surface area (Å²) in [5.74, 6) is -2.06. The van der Waals surface area contributed by atoms with Crippen LogP contribution >= 0.6 is 7.37 Å². The molecular weight excluding hydrogens is 527 g/mol. The van der Waals surface area contributed by atoms with Crippen molar-refractivity contribution in [2.24, 2.45) is 11.7 Å². The van der Waals surface area contributed by atoms with Crippen LogP contribution in [0.3, 0.4) is 0 Å².